The first-order chi connectivity index (χ1) is 8.63. The standard InChI is InChI=1S/C12H18N4O2/c1-8-9(2)14-7-15-11(8)16-4-5-18-10(6-16)12(17)13-3/h7,10H,4-6H2,1-3H3,(H,13,17). The maximum absolute atomic E-state index is 11.6. The largest absolute Gasteiger partial charge is 0.365 e. The predicted molar refractivity (Wildman–Crippen MR) is 67.5 cm³/mol. The van der Waals surface area contributed by atoms with Crippen molar-refractivity contribution in [3.63, 3.8) is 0 Å². The molecule has 18 heavy (non-hydrogen) atoms. The summed E-state index contributed by atoms with van der Waals surface area (Å²) in [5.74, 6) is 0.794. The summed E-state index contributed by atoms with van der Waals surface area (Å²) < 4.78 is 5.46. The highest BCUT2D eigenvalue weighted by molar-refractivity contribution is 5.81. The Bertz CT molecular complexity index is 450. The van der Waals surface area contributed by atoms with Crippen LogP contribution in [0.4, 0.5) is 5.82 Å². The van der Waals surface area contributed by atoms with E-state index >= 15 is 0 Å². The Hall–Kier alpha value is -1.69. The Morgan fingerprint density at radius 2 is 2.28 bits per heavy atom. The number of hydrogen-bond donors (Lipinski definition) is 1. The van der Waals surface area contributed by atoms with Crippen molar-refractivity contribution >= 4 is 11.7 Å². The number of nitrogens with zero attached hydrogens (tertiary/aromatic N) is 3. The minimum absolute atomic E-state index is 0.0943. The number of carbonyl (C=O) groups excluding carboxylic acids is 1. The molecule has 1 aliphatic heterocycles. The van der Waals surface area contributed by atoms with Gasteiger partial charge in [-0.15, -0.1) is 0 Å². The fourth-order valence-electron chi connectivity index (χ4n) is 2.01. The molecule has 0 aromatic carbocycles. The number of aromatic nitrogens is 2. The van der Waals surface area contributed by atoms with Crippen LogP contribution in [-0.4, -0.2) is 48.7 Å². The summed E-state index contributed by atoms with van der Waals surface area (Å²) in [5.41, 5.74) is 2.01. The predicted octanol–water partition coefficient (Wildman–Crippen LogP) is 0.0446. The summed E-state index contributed by atoms with van der Waals surface area (Å²) >= 11 is 0. The summed E-state index contributed by atoms with van der Waals surface area (Å²) in [6.45, 7) is 5.74. The molecule has 1 saturated heterocycles. The van der Waals surface area contributed by atoms with Gasteiger partial charge in [0.25, 0.3) is 5.91 Å². The second-order valence-corrected chi connectivity index (χ2v) is 4.33. The van der Waals surface area contributed by atoms with Crippen LogP contribution in [0, 0.1) is 13.8 Å². The smallest absolute Gasteiger partial charge is 0.250 e. The van der Waals surface area contributed by atoms with Crippen LogP contribution in [0.15, 0.2) is 6.33 Å². The van der Waals surface area contributed by atoms with Crippen molar-refractivity contribution in [1.29, 1.82) is 0 Å². The van der Waals surface area contributed by atoms with Gasteiger partial charge < -0.3 is 15.0 Å². The molecule has 1 N–H and O–H groups in total. The number of carbonyl (C=O) groups is 1. The molecule has 6 heteroatoms. The van der Waals surface area contributed by atoms with E-state index in [1.165, 1.54) is 0 Å². The number of nitrogens with one attached hydrogen (secondary N) is 1. The lowest BCUT2D eigenvalue weighted by Gasteiger charge is -2.33. The SMILES string of the molecule is CNC(=O)C1CN(c2ncnc(C)c2C)CCO1. The van der Waals surface area contributed by atoms with E-state index in [2.05, 4.69) is 20.2 Å². The average molecular weight is 250 g/mol. The first-order valence-corrected chi connectivity index (χ1v) is 6.00. The van der Waals surface area contributed by atoms with Gasteiger partial charge in [-0.2, -0.15) is 0 Å². The minimum Gasteiger partial charge on any atom is -0.365 e. The topological polar surface area (TPSA) is 67.4 Å². The highest BCUT2D eigenvalue weighted by Crippen LogP contribution is 2.20. The highest BCUT2D eigenvalue weighted by atomic mass is 16.5. The van der Waals surface area contributed by atoms with Gasteiger partial charge in [0.15, 0.2) is 6.10 Å². The number of amides is 1. The van der Waals surface area contributed by atoms with Crippen LogP contribution in [0.3, 0.4) is 0 Å². The lowest BCUT2D eigenvalue weighted by atomic mass is 10.2. The fraction of sp³-hybridized carbons (Fsp3) is 0.583. The van der Waals surface area contributed by atoms with Crippen LogP contribution in [0.5, 0.6) is 0 Å². The molecule has 2 heterocycles. The molecule has 1 aromatic rings. The first kappa shape index (κ1) is 12.8. The molecule has 0 aliphatic carbocycles. The summed E-state index contributed by atoms with van der Waals surface area (Å²) in [5, 5.41) is 2.61. The molecule has 0 bridgehead atoms. The van der Waals surface area contributed by atoms with Crippen molar-refractivity contribution < 1.29 is 9.53 Å². The van der Waals surface area contributed by atoms with Crippen LogP contribution in [0.25, 0.3) is 0 Å². The molecular weight excluding hydrogens is 232 g/mol. The first-order valence-electron chi connectivity index (χ1n) is 6.00. The number of likely N-dealkylation sites (N-methyl/N-ethyl adjacent to an activating group) is 1. The zero-order valence-corrected chi connectivity index (χ0v) is 10.9. The molecule has 1 aliphatic rings. The van der Waals surface area contributed by atoms with Gasteiger partial charge in [0.05, 0.1) is 13.2 Å². The molecule has 0 saturated carbocycles. The Morgan fingerprint density at radius 3 is 3.00 bits per heavy atom. The van der Waals surface area contributed by atoms with Crippen molar-refractivity contribution in [3.8, 4) is 0 Å². The van der Waals surface area contributed by atoms with E-state index in [9.17, 15) is 4.79 Å². The molecule has 0 spiro atoms. The summed E-state index contributed by atoms with van der Waals surface area (Å²) in [4.78, 5) is 22.1. The van der Waals surface area contributed by atoms with E-state index in [1.54, 1.807) is 13.4 Å². The van der Waals surface area contributed by atoms with Gasteiger partial charge >= 0.3 is 0 Å². The third-order valence-corrected chi connectivity index (χ3v) is 3.21. The summed E-state index contributed by atoms with van der Waals surface area (Å²) in [6.07, 6.45) is 1.13. The van der Waals surface area contributed by atoms with Crippen molar-refractivity contribution in [3.05, 3.63) is 17.6 Å². The van der Waals surface area contributed by atoms with Gasteiger partial charge in [-0.1, -0.05) is 0 Å². The zero-order valence-electron chi connectivity index (χ0n) is 10.9. The molecule has 0 radical (unpaired) electrons. The molecule has 1 unspecified atom stereocenters. The Morgan fingerprint density at radius 1 is 1.50 bits per heavy atom. The molecule has 1 aromatic heterocycles. The molecule has 1 fully saturated rings. The maximum atomic E-state index is 11.6. The molecule has 2 rings (SSSR count). The van der Waals surface area contributed by atoms with E-state index < -0.39 is 6.10 Å². The number of anilines is 1. The van der Waals surface area contributed by atoms with E-state index in [-0.39, 0.29) is 5.91 Å². The summed E-state index contributed by atoms with van der Waals surface area (Å²) in [6, 6.07) is 0. The van der Waals surface area contributed by atoms with Crippen molar-refractivity contribution in [2.24, 2.45) is 0 Å². The minimum atomic E-state index is -0.432. The van der Waals surface area contributed by atoms with Gasteiger partial charge in [-0.05, 0) is 13.8 Å². The number of morpholine rings is 1. The molecule has 1 atom stereocenters. The zero-order chi connectivity index (χ0) is 13.1. The lowest BCUT2D eigenvalue weighted by Crippen LogP contribution is -2.49. The normalized spacial score (nSPS) is 19.7. The Labute approximate surface area is 106 Å². The number of hydrogen-bond acceptors (Lipinski definition) is 5. The van der Waals surface area contributed by atoms with Gasteiger partial charge in [-0.25, -0.2) is 9.97 Å². The van der Waals surface area contributed by atoms with Gasteiger partial charge in [-0.3, -0.25) is 4.79 Å². The molecule has 98 valence electrons. The lowest BCUT2D eigenvalue weighted by molar-refractivity contribution is -0.132. The number of aryl methyl sites for hydroxylation is 1. The van der Waals surface area contributed by atoms with Crippen LogP contribution in [0.2, 0.25) is 0 Å². The summed E-state index contributed by atoms with van der Waals surface area (Å²) in [7, 11) is 1.62. The second kappa shape index (κ2) is 5.30. The molecular formula is C12H18N4O2. The molecule has 1 amide bonds. The van der Waals surface area contributed by atoms with Gasteiger partial charge in [0, 0.05) is 24.8 Å². The van der Waals surface area contributed by atoms with E-state index in [0.29, 0.717) is 13.2 Å². The average Bonchev–Trinajstić information content (AvgIpc) is 2.41. The van der Waals surface area contributed by atoms with Crippen LogP contribution < -0.4 is 10.2 Å². The van der Waals surface area contributed by atoms with Crippen LogP contribution in [-0.2, 0) is 9.53 Å². The fourth-order valence-corrected chi connectivity index (χ4v) is 2.01. The quantitative estimate of drug-likeness (QED) is 0.803. The van der Waals surface area contributed by atoms with Crippen molar-refractivity contribution in [2.45, 2.75) is 20.0 Å². The monoisotopic (exact) mass is 250 g/mol. The van der Waals surface area contributed by atoms with E-state index in [0.717, 1.165) is 23.6 Å². The third-order valence-electron chi connectivity index (χ3n) is 3.21. The van der Waals surface area contributed by atoms with Gasteiger partial charge in [0.2, 0.25) is 0 Å². The van der Waals surface area contributed by atoms with Gasteiger partial charge in [0.1, 0.15) is 12.1 Å². The Kier molecular flexibility index (Phi) is 3.76. The van der Waals surface area contributed by atoms with Crippen molar-refractivity contribution in [1.82, 2.24) is 15.3 Å². The van der Waals surface area contributed by atoms with Crippen molar-refractivity contribution in [2.75, 3.05) is 31.6 Å². The number of rotatable bonds is 2. The highest BCUT2D eigenvalue weighted by Gasteiger charge is 2.27. The van der Waals surface area contributed by atoms with Crippen LogP contribution in [0.1, 0.15) is 11.3 Å². The maximum Gasteiger partial charge on any atom is 0.250 e. The van der Waals surface area contributed by atoms with E-state index in [4.69, 9.17) is 4.74 Å². The third kappa shape index (κ3) is 2.43. The van der Waals surface area contributed by atoms with E-state index in [1.807, 2.05) is 13.8 Å². The number of ether oxygens (including phenoxy) is 1. The molecule has 6 nitrogen and oxygen atoms in total. The Balaban J connectivity index is 2.18. The van der Waals surface area contributed by atoms with Crippen LogP contribution >= 0.6 is 0 Å². The second-order valence-electron chi connectivity index (χ2n) is 4.33.